The highest BCUT2D eigenvalue weighted by Crippen LogP contribution is 2.19. The number of rotatable bonds is 7. The van der Waals surface area contributed by atoms with E-state index >= 15 is 0 Å². The van der Waals surface area contributed by atoms with E-state index in [4.69, 9.17) is 0 Å². The van der Waals surface area contributed by atoms with Crippen LogP contribution in [0.25, 0.3) is 0 Å². The molecule has 1 aliphatic heterocycles. The highest BCUT2D eigenvalue weighted by Gasteiger charge is 2.22. The van der Waals surface area contributed by atoms with E-state index in [1.165, 1.54) is 0 Å². The Morgan fingerprint density at radius 2 is 1.71 bits per heavy atom. The first-order valence-corrected chi connectivity index (χ1v) is 11.0. The van der Waals surface area contributed by atoms with Crippen molar-refractivity contribution in [1.82, 2.24) is 24.9 Å². The summed E-state index contributed by atoms with van der Waals surface area (Å²) in [6, 6.07) is 8.01. The number of hydrogen-bond donors (Lipinski definition) is 2. The number of piperazine rings is 1. The van der Waals surface area contributed by atoms with E-state index < -0.39 is 0 Å². The molecule has 0 bridgehead atoms. The van der Waals surface area contributed by atoms with Gasteiger partial charge in [-0.3, -0.25) is 14.4 Å². The average molecular weight is 427 g/mol. The van der Waals surface area contributed by atoms with Gasteiger partial charge in [0.2, 0.25) is 5.91 Å². The number of nitrogens with zero attached hydrogens (tertiary/aromatic N) is 4. The molecule has 1 aliphatic rings. The molecule has 0 atom stereocenters. The monoisotopic (exact) mass is 426 g/mol. The van der Waals surface area contributed by atoms with Gasteiger partial charge in [0.1, 0.15) is 0 Å². The Morgan fingerprint density at radius 1 is 1.03 bits per heavy atom. The fraction of sp³-hybridized carbons (Fsp3) is 0.522. The van der Waals surface area contributed by atoms with E-state index in [9.17, 15) is 9.59 Å². The lowest BCUT2D eigenvalue weighted by molar-refractivity contribution is -0.117. The Morgan fingerprint density at radius 3 is 2.32 bits per heavy atom. The van der Waals surface area contributed by atoms with E-state index in [0.717, 1.165) is 41.2 Å². The molecule has 0 aliphatic carbocycles. The lowest BCUT2D eigenvalue weighted by Gasteiger charge is -2.34. The maximum absolute atomic E-state index is 12.5. The van der Waals surface area contributed by atoms with Crippen molar-refractivity contribution >= 4 is 17.6 Å². The highest BCUT2D eigenvalue weighted by molar-refractivity contribution is 5.93. The molecular weight excluding hydrogens is 392 g/mol. The summed E-state index contributed by atoms with van der Waals surface area (Å²) in [6.07, 6.45) is 0.839. The van der Waals surface area contributed by atoms with Crippen LogP contribution in [0.5, 0.6) is 0 Å². The number of anilines is 1. The minimum atomic E-state index is -0.0343. The largest absolute Gasteiger partial charge is 0.338 e. The molecule has 8 heteroatoms. The van der Waals surface area contributed by atoms with Crippen molar-refractivity contribution in [2.24, 2.45) is 0 Å². The van der Waals surface area contributed by atoms with Crippen molar-refractivity contribution in [1.29, 1.82) is 0 Å². The second kappa shape index (κ2) is 10.4. The highest BCUT2D eigenvalue weighted by atomic mass is 16.2. The molecular formula is C23H34N6O2. The van der Waals surface area contributed by atoms with Crippen molar-refractivity contribution in [2.75, 3.05) is 44.6 Å². The predicted molar refractivity (Wildman–Crippen MR) is 122 cm³/mol. The van der Waals surface area contributed by atoms with Crippen LogP contribution in [0, 0.1) is 27.7 Å². The number of aryl methyl sites for hydroxylation is 5. The van der Waals surface area contributed by atoms with Crippen LogP contribution < -0.4 is 10.6 Å². The van der Waals surface area contributed by atoms with Crippen molar-refractivity contribution in [3.8, 4) is 0 Å². The van der Waals surface area contributed by atoms with E-state index in [1.54, 1.807) is 0 Å². The molecule has 2 N–H and O–H groups in total. The maximum Gasteiger partial charge on any atom is 0.317 e. The molecule has 0 radical (unpaired) electrons. The Labute approximate surface area is 184 Å². The first-order valence-electron chi connectivity index (χ1n) is 11.0. The Bertz CT molecular complexity index is 895. The van der Waals surface area contributed by atoms with Gasteiger partial charge in [-0.05, 0) is 51.3 Å². The quantitative estimate of drug-likeness (QED) is 0.667. The molecule has 1 fully saturated rings. The number of amides is 3. The zero-order chi connectivity index (χ0) is 22.4. The second-order valence-corrected chi connectivity index (χ2v) is 8.31. The van der Waals surface area contributed by atoms with Crippen LogP contribution in [0.1, 0.15) is 28.9 Å². The fourth-order valence-electron chi connectivity index (χ4n) is 3.94. The summed E-state index contributed by atoms with van der Waals surface area (Å²) in [5.74, 6) is -0.0144. The molecule has 3 amide bonds. The number of para-hydroxylation sites is 1. The minimum Gasteiger partial charge on any atom is -0.338 e. The lowest BCUT2D eigenvalue weighted by Crippen LogP contribution is -2.53. The first kappa shape index (κ1) is 22.8. The van der Waals surface area contributed by atoms with Crippen LogP contribution in [0.3, 0.4) is 0 Å². The summed E-state index contributed by atoms with van der Waals surface area (Å²) in [5.41, 5.74) is 5.18. The second-order valence-electron chi connectivity index (χ2n) is 8.31. The van der Waals surface area contributed by atoms with Crippen LogP contribution in [0.4, 0.5) is 10.5 Å². The molecule has 8 nitrogen and oxygen atoms in total. The molecule has 31 heavy (non-hydrogen) atoms. The van der Waals surface area contributed by atoms with Crippen molar-refractivity contribution in [2.45, 2.75) is 40.7 Å². The number of nitrogens with one attached hydrogen (secondary N) is 2. The molecule has 0 spiro atoms. The molecule has 0 unspecified atom stereocenters. The molecule has 1 saturated heterocycles. The van der Waals surface area contributed by atoms with Crippen molar-refractivity contribution in [3.63, 3.8) is 0 Å². The summed E-state index contributed by atoms with van der Waals surface area (Å²) >= 11 is 0. The summed E-state index contributed by atoms with van der Waals surface area (Å²) in [7, 11) is 0. The third-order valence-electron chi connectivity index (χ3n) is 5.70. The van der Waals surface area contributed by atoms with Gasteiger partial charge in [-0.15, -0.1) is 0 Å². The zero-order valence-electron chi connectivity index (χ0n) is 19.1. The number of carbonyl (C=O) groups excluding carboxylic acids is 2. The summed E-state index contributed by atoms with van der Waals surface area (Å²) in [6.45, 7) is 12.4. The van der Waals surface area contributed by atoms with Crippen LogP contribution in [-0.4, -0.2) is 70.8 Å². The standard InChI is InChI=1S/C23H34N6O2/c1-17-7-5-8-18(2)22(17)25-21(30)16-27-11-13-28(14-12-27)23(31)24-9-6-10-29-20(4)15-19(3)26-29/h5,7-8,15H,6,9-14,16H2,1-4H3,(H,24,31)(H,25,30). The van der Waals surface area contributed by atoms with Crippen LogP contribution in [-0.2, 0) is 11.3 Å². The number of carbonyl (C=O) groups is 2. The van der Waals surface area contributed by atoms with Crippen LogP contribution >= 0.6 is 0 Å². The smallest absolute Gasteiger partial charge is 0.317 e. The van der Waals surface area contributed by atoms with Gasteiger partial charge in [0.25, 0.3) is 0 Å². The van der Waals surface area contributed by atoms with Gasteiger partial charge < -0.3 is 15.5 Å². The van der Waals surface area contributed by atoms with Gasteiger partial charge in [-0.1, -0.05) is 18.2 Å². The third kappa shape index (κ3) is 6.30. The number of aromatic nitrogens is 2. The Kier molecular flexibility index (Phi) is 7.68. The average Bonchev–Trinajstić information content (AvgIpc) is 3.05. The summed E-state index contributed by atoms with van der Waals surface area (Å²) < 4.78 is 1.98. The molecule has 2 heterocycles. The van der Waals surface area contributed by atoms with Crippen LogP contribution in [0.2, 0.25) is 0 Å². The van der Waals surface area contributed by atoms with E-state index in [-0.39, 0.29) is 11.9 Å². The number of hydrogen-bond acceptors (Lipinski definition) is 4. The molecule has 2 aromatic rings. The Hall–Kier alpha value is -2.87. The van der Waals surface area contributed by atoms with E-state index in [1.807, 2.05) is 55.5 Å². The summed E-state index contributed by atoms with van der Waals surface area (Å²) in [4.78, 5) is 28.8. The molecule has 1 aromatic carbocycles. The molecule has 3 rings (SSSR count). The van der Waals surface area contributed by atoms with Crippen LogP contribution in [0.15, 0.2) is 24.3 Å². The van der Waals surface area contributed by atoms with Gasteiger partial charge in [0, 0.05) is 50.6 Å². The van der Waals surface area contributed by atoms with E-state index in [0.29, 0.717) is 39.3 Å². The number of urea groups is 1. The van der Waals surface area contributed by atoms with Gasteiger partial charge >= 0.3 is 6.03 Å². The maximum atomic E-state index is 12.5. The SMILES string of the molecule is Cc1cc(C)n(CCCNC(=O)N2CCN(CC(=O)Nc3c(C)cccc3C)CC2)n1. The van der Waals surface area contributed by atoms with Crippen molar-refractivity contribution < 1.29 is 9.59 Å². The van der Waals surface area contributed by atoms with Crippen molar-refractivity contribution in [3.05, 3.63) is 46.8 Å². The van der Waals surface area contributed by atoms with Gasteiger partial charge in [0.15, 0.2) is 0 Å². The topological polar surface area (TPSA) is 82.5 Å². The van der Waals surface area contributed by atoms with Gasteiger partial charge in [-0.25, -0.2) is 4.79 Å². The molecule has 168 valence electrons. The third-order valence-corrected chi connectivity index (χ3v) is 5.70. The Balaban J connectivity index is 1.35. The summed E-state index contributed by atoms with van der Waals surface area (Å²) in [5, 5.41) is 10.5. The van der Waals surface area contributed by atoms with E-state index in [2.05, 4.69) is 26.7 Å². The van der Waals surface area contributed by atoms with Gasteiger partial charge in [0.05, 0.1) is 12.2 Å². The zero-order valence-corrected chi connectivity index (χ0v) is 19.1. The fourth-order valence-corrected chi connectivity index (χ4v) is 3.94. The number of benzene rings is 1. The molecule has 1 aromatic heterocycles. The lowest BCUT2D eigenvalue weighted by atomic mass is 10.1. The normalized spacial score (nSPS) is 14.5. The minimum absolute atomic E-state index is 0.0144. The van der Waals surface area contributed by atoms with Gasteiger partial charge in [-0.2, -0.15) is 5.10 Å². The molecule has 0 saturated carbocycles. The predicted octanol–water partition coefficient (Wildman–Crippen LogP) is 2.47. The first-order chi connectivity index (χ1) is 14.8.